The lowest BCUT2D eigenvalue weighted by Gasteiger charge is -2.35. The van der Waals surface area contributed by atoms with Gasteiger partial charge in [-0.25, -0.2) is 4.39 Å². The fourth-order valence-electron chi connectivity index (χ4n) is 2.14. The van der Waals surface area contributed by atoms with Crippen LogP contribution >= 0.6 is 0 Å². The minimum absolute atomic E-state index is 0.296. The van der Waals surface area contributed by atoms with Crippen molar-refractivity contribution in [3.8, 4) is 0 Å². The maximum atomic E-state index is 13.6. The lowest BCUT2D eigenvalue weighted by molar-refractivity contribution is 0.271. The van der Waals surface area contributed by atoms with Crippen molar-refractivity contribution in [3.05, 3.63) is 24.0 Å². The molecule has 0 radical (unpaired) electrons. The van der Waals surface area contributed by atoms with E-state index in [1.54, 1.807) is 12.1 Å². The summed E-state index contributed by atoms with van der Waals surface area (Å²) in [6.45, 7) is 10.6. The van der Waals surface area contributed by atoms with Crippen molar-refractivity contribution >= 4 is 18.1 Å². The van der Waals surface area contributed by atoms with Crippen LogP contribution < -0.4 is 4.90 Å². The monoisotopic (exact) mass is 235 g/mol. The SMILES string of the molecule is C=Nc1ccc(N2CCN(CC)CC2)cc1F. The molecule has 4 heteroatoms. The number of nitrogens with zero attached hydrogens (tertiary/aromatic N) is 3. The summed E-state index contributed by atoms with van der Waals surface area (Å²) in [6, 6.07) is 5.14. The van der Waals surface area contributed by atoms with E-state index in [9.17, 15) is 4.39 Å². The van der Waals surface area contributed by atoms with Gasteiger partial charge in [0.05, 0.1) is 5.69 Å². The first-order valence-corrected chi connectivity index (χ1v) is 5.98. The fourth-order valence-corrected chi connectivity index (χ4v) is 2.14. The summed E-state index contributed by atoms with van der Waals surface area (Å²) >= 11 is 0. The third kappa shape index (κ3) is 2.64. The third-order valence-electron chi connectivity index (χ3n) is 3.29. The first-order valence-electron chi connectivity index (χ1n) is 5.98. The minimum Gasteiger partial charge on any atom is -0.369 e. The van der Waals surface area contributed by atoms with Gasteiger partial charge < -0.3 is 9.80 Å². The molecular weight excluding hydrogens is 217 g/mol. The van der Waals surface area contributed by atoms with E-state index >= 15 is 0 Å². The molecule has 1 heterocycles. The van der Waals surface area contributed by atoms with Crippen LogP contribution in [0, 0.1) is 5.82 Å². The predicted molar refractivity (Wildman–Crippen MR) is 69.9 cm³/mol. The molecule has 0 bridgehead atoms. The molecule has 1 aliphatic rings. The number of piperazine rings is 1. The standard InChI is InChI=1S/C13H18FN3/c1-3-16-6-8-17(9-7-16)11-4-5-13(15-2)12(14)10-11/h4-5,10H,2-3,6-9H2,1H3. The van der Waals surface area contributed by atoms with Gasteiger partial charge in [0.1, 0.15) is 0 Å². The van der Waals surface area contributed by atoms with E-state index in [1.807, 2.05) is 6.07 Å². The van der Waals surface area contributed by atoms with Crippen LogP contribution in [-0.4, -0.2) is 44.3 Å². The zero-order valence-electron chi connectivity index (χ0n) is 10.2. The molecule has 0 aromatic heterocycles. The highest BCUT2D eigenvalue weighted by Crippen LogP contribution is 2.24. The molecule has 0 N–H and O–H groups in total. The van der Waals surface area contributed by atoms with Gasteiger partial charge in [0.25, 0.3) is 0 Å². The van der Waals surface area contributed by atoms with Crippen molar-refractivity contribution in [1.29, 1.82) is 0 Å². The largest absolute Gasteiger partial charge is 0.369 e. The summed E-state index contributed by atoms with van der Waals surface area (Å²) < 4.78 is 13.6. The van der Waals surface area contributed by atoms with E-state index in [0.29, 0.717) is 5.69 Å². The molecular formula is C13H18FN3. The lowest BCUT2D eigenvalue weighted by atomic mass is 10.2. The molecule has 1 aromatic rings. The highest BCUT2D eigenvalue weighted by atomic mass is 19.1. The quantitative estimate of drug-likeness (QED) is 0.749. The zero-order chi connectivity index (χ0) is 12.3. The van der Waals surface area contributed by atoms with Gasteiger partial charge in [-0.05, 0) is 31.5 Å². The van der Waals surface area contributed by atoms with Gasteiger partial charge in [0, 0.05) is 31.9 Å². The fraction of sp³-hybridized carbons (Fsp3) is 0.462. The Balaban J connectivity index is 2.08. The van der Waals surface area contributed by atoms with E-state index < -0.39 is 0 Å². The van der Waals surface area contributed by atoms with Gasteiger partial charge >= 0.3 is 0 Å². The molecule has 0 aliphatic carbocycles. The molecule has 0 unspecified atom stereocenters. The average Bonchev–Trinajstić information content (AvgIpc) is 2.39. The Labute approximate surface area is 102 Å². The van der Waals surface area contributed by atoms with Gasteiger partial charge in [0.2, 0.25) is 0 Å². The highest BCUT2D eigenvalue weighted by molar-refractivity contribution is 5.56. The zero-order valence-corrected chi connectivity index (χ0v) is 10.2. The van der Waals surface area contributed by atoms with Crippen LogP contribution in [0.1, 0.15) is 6.92 Å². The number of hydrogen-bond acceptors (Lipinski definition) is 3. The number of rotatable bonds is 3. The van der Waals surface area contributed by atoms with Crippen LogP contribution in [0.25, 0.3) is 0 Å². The summed E-state index contributed by atoms with van der Waals surface area (Å²) in [4.78, 5) is 8.24. The number of halogens is 1. The van der Waals surface area contributed by atoms with Gasteiger partial charge in [-0.2, -0.15) is 0 Å². The topological polar surface area (TPSA) is 18.8 Å². The lowest BCUT2D eigenvalue weighted by Crippen LogP contribution is -2.46. The van der Waals surface area contributed by atoms with Crippen molar-refractivity contribution in [2.24, 2.45) is 4.99 Å². The maximum absolute atomic E-state index is 13.6. The second-order valence-corrected chi connectivity index (χ2v) is 4.22. The molecule has 0 saturated carbocycles. The van der Waals surface area contributed by atoms with Gasteiger partial charge in [-0.3, -0.25) is 4.99 Å². The Morgan fingerprint density at radius 1 is 1.29 bits per heavy atom. The van der Waals surface area contributed by atoms with Crippen LogP contribution in [0.2, 0.25) is 0 Å². The van der Waals surface area contributed by atoms with Crippen LogP contribution in [0.5, 0.6) is 0 Å². The maximum Gasteiger partial charge on any atom is 0.150 e. The van der Waals surface area contributed by atoms with Crippen molar-refractivity contribution in [2.45, 2.75) is 6.92 Å². The Bertz CT molecular complexity index is 398. The van der Waals surface area contributed by atoms with Gasteiger partial charge in [0.15, 0.2) is 5.82 Å². The van der Waals surface area contributed by atoms with Crippen molar-refractivity contribution < 1.29 is 4.39 Å². The van der Waals surface area contributed by atoms with Crippen molar-refractivity contribution in [2.75, 3.05) is 37.6 Å². The number of aliphatic imine (C=N–C) groups is 1. The third-order valence-corrected chi connectivity index (χ3v) is 3.29. The normalized spacial score (nSPS) is 17.2. The number of anilines is 1. The summed E-state index contributed by atoms with van der Waals surface area (Å²) in [7, 11) is 0. The number of benzene rings is 1. The Morgan fingerprint density at radius 2 is 2.00 bits per heavy atom. The Hall–Kier alpha value is -1.42. The van der Waals surface area contributed by atoms with E-state index in [0.717, 1.165) is 38.4 Å². The molecule has 1 saturated heterocycles. The molecule has 3 nitrogen and oxygen atoms in total. The first kappa shape index (κ1) is 12.0. The van der Waals surface area contributed by atoms with Crippen LogP contribution in [0.4, 0.5) is 15.8 Å². The molecule has 2 rings (SSSR count). The van der Waals surface area contributed by atoms with Crippen molar-refractivity contribution in [3.63, 3.8) is 0 Å². The predicted octanol–water partition coefficient (Wildman–Crippen LogP) is 2.30. The Kier molecular flexibility index (Phi) is 3.74. The van der Waals surface area contributed by atoms with E-state index in [4.69, 9.17) is 0 Å². The van der Waals surface area contributed by atoms with Crippen LogP contribution in [0.3, 0.4) is 0 Å². The molecule has 0 atom stereocenters. The molecule has 1 aromatic carbocycles. The molecule has 0 amide bonds. The average molecular weight is 235 g/mol. The minimum atomic E-state index is -0.296. The summed E-state index contributed by atoms with van der Waals surface area (Å²) in [5.74, 6) is -0.296. The van der Waals surface area contributed by atoms with Crippen LogP contribution in [0.15, 0.2) is 23.2 Å². The summed E-state index contributed by atoms with van der Waals surface area (Å²) in [5.41, 5.74) is 1.26. The van der Waals surface area contributed by atoms with E-state index in [1.165, 1.54) is 0 Å². The molecule has 92 valence electrons. The van der Waals surface area contributed by atoms with E-state index in [-0.39, 0.29) is 5.82 Å². The molecule has 17 heavy (non-hydrogen) atoms. The van der Waals surface area contributed by atoms with E-state index in [2.05, 4.69) is 28.4 Å². The van der Waals surface area contributed by atoms with Crippen molar-refractivity contribution in [1.82, 2.24) is 4.90 Å². The smallest absolute Gasteiger partial charge is 0.150 e. The summed E-state index contributed by atoms with van der Waals surface area (Å²) in [6.07, 6.45) is 0. The van der Waals surface area contributed by atoms with Crippen LogP contribution in [-0.2, 0) is 0 Å². The first-order chi connectivity index (χ1) is 8.24. The second-order valence-electron chi connectivity index (χ2n) is 4.22. The summed E-state index contributed by atoms with van der Waals surface area (Å²) in [5, 5.41) is 0. The molecule has 1 aliphatic heterocycles. The number of likely N-dealkylation sites (N-methyl/N-ethyl adjacent to an activating group) is 1. The van der Waals surface area contributed by atoms with Gasteiger partial charge in [-0.15, -0.1) is 0 Å². The molecule has 1 fully saturated rings. The van der Waals surface area contributed by atoms with Gasteiger partial charge in [-0.1, -0.05) is 6.92 Å². The second kappa shape index (κ2) is 5.27. The Morgan fingerprint density at radius 3 is 2.53 bits per heavy atom. The molecule has 0 spiro atoms. The highest BCUT2D eigenvalue weighted by Gasteiger charge is 2.16. The number of hydrogen-bond donors (Lipinski definition) is 0.